The van der Waals surface area contributed by atoms with Crippen LogP contribution in [0.2, 0.25) is 0 Å². The highest BCUT2D eigenvalue weighted by molar-refractivity contribution is 14.0. The Morgan fingerprint density at radius 1 is 1.07 bits per heavy atom. The molecule has 8 heteroatoms. The Hall–Kier alpha value is -0.160. The van der Waals surface area contributed by atoms with E-state index in [1.165, 1.54) is 6.42 Å². The summed E-state index contributed by atoms with van der Waals surface area (Å²) in [7, 11) is 1.80. The van der Waals surface area contributed by atoms with Crippen LogP contribution in [0.4, 0.5) is 0 Å². The molecule has 0 aromatic rings. The van der Waals surface area contributed by atoms with Crippen molar-refractivity contribution in [1.82, 2.24) is 15.5 Å². The van der Waals surface area contributed by atoms with Gasteiger partial charge in [-0.3, -0.25) is 9.89 Å². The maximum absolute atomic E-state index is 5.58. The molecule has 162 valence electrons. The minimum absolute atomic E-state index is 0. The van der Waals surface area contributed by atoms with Gasteiger partial charge in [-0.15, -0.1) is 24.0 Å². The number of nitrogens with one attached hydrogen (secondary N) is 2. The maximum atomic E-state index is 5.58. The van der Waals surface area contributed by atoms with Gasteiger partial charge in [0.2, 0.25) is 0 Å². The van der Waals surface area contributed by atoms with E-state index in [9.17, 15) is 0 Å². The predicted molar refractivity (Wildman–Crippen MR) is 122 cm³/mol. The van der Waals surface area contributed by atoms with Crippen LogP contribution in [0, 0.1) is 5.92 Å². The molecule has 0 amide bonds. The minimum atomic E-state index is 0. The van der Waals surface area contributed by atoms with Gasteiger partial charge in [-0.25, -0.2) is 0 Å². The minimum Gasteiger partial charge on any atom is -0.379 e. The molecule has 2 N–H and O–H groups in total. The summed E-state index contributed by atoms with van der Waals surface area (Å²) in [6, 6.07) is 0.481. The first-order valence-corrected chi connectivity index (χ1v) is 10.1. The van der Waals surface area contributed by atoms with Crippen molar-refractivity contribution in [2.75, 3.05) is 72.9 Å². The first-order valence-electron chi connectivity index (χ1n) is 10.1. The van der Waals surface area contributed by atoms with Gasteiger partial charge in [0.25, 0.3) is 0 Å². The molecule has 1 atom stereocenters. The highest BCUT2D eigenvalue weighted by Crippen LogP contribution is 2.12. The molecule has 1 rings (SSSR count). The number of aliphatic imine (C=N–C) groups is 1. The van der Waals surface area contributed by atoms with E-state index >= 15 is 0 Å². The van der Waals surface area contributed by atoms with Crippen LogP contribution in [-0.4, -0.2) is 89.8 Å². The first-order chi connectivity index (χ1) is 12.7. The smallest absolute Gasteiger partial charge is 0.191 e. The van der Waals surface area contributed by atoms with Gasteiger partial charge in [-0.1, -0.05) is 27.2 Å². The predicted octanol–water partition coefficient (Wildman–Crippen LogP) is 1.96. The fourth-order valence-electron chi connectivity index (χ4n) is 2.93. The molecule has 0 aromatic heterocycles. The topological polar surface area (TPSA) is 67.4 Å². The Morgan fingerprint density at radius 3 is 2.33 bits per heavy atom. The van der Waals surface area contributed by atoms with Crippen LogP contribution in [-0.2, 0) is 14.2 Å². The normalized spacial score (nSPS) is 16.9. The zero-order valence-electron chi connectivity index (χ0n) is 17.7. The summed E-state index contributed by atoms with van der Waals surface area (Å²) in [5.74, 6) is 1.40. The maximum Gasteiger partial charge on any atom is 0.191 e. The monoisotopic (exact) mass is 500 g/mol. The molecule has 1 unspecified atom stereocenters. The van der Waals surface area contributed by atoms with Crippen molar-refractivity contribution in [3.05, 3.63) is 0 Å². The van der Waals surface area contributed by atoms with E-state index in [1.807, 2.05) is 0 Å². The van der Waals surface area contributed by atoms with E-state index in [0.717, 1.165) is 58.4 Å². The number of ether oxygens (including phenoxy) is 3. The van der Waals surface area contributed by atoms with Gasteiger partial charge in [0, 0.05) is 45.9 Å². The zero-order valence-corrected chi connectivity index (χ0v) is 20.0. The number of rotatable bonds is 13. The van der Waals surface area contributed by atoms with Crippen LogP contribution in [0.3, 0.4) is 0 Å². The lowest BCUT2D eigenvalue weighted by molar-refractivity contribution is 0.00751. The van der Waals surface area contributed by atoms with Crippen molar-refractivity contribution in [3.63, 3.8) is 0 Å². The Kier molecular flexibility index (Phi) is 17.8. The Bertz CT molecular complexity index is 367. The molecule has 7 nitrogen and oxygen atoms in total. The van der Waals surface area contributed by atoms with Crippen molar-refractivity contribution < 1.29 is 14.2 Å². The first kappa shape index (κ1) is 26.8. The lowest BCUT2D eigenvalue weighted by Gasteiger charge is -2.37. The van der Waals surface area contributed by atoms with E-state index in [-0.39, 0.29) is 24.0 Å². The lowest BCUT2D eigenvalue weighted by Crippen LogP contribution is -2.52. The van der Waals surface area contributed by atoms with Crippen LogP contribution in [0.25, 0.3) is 0 Å². The summed E-state index contributed by atoms with van der Waals surface area (Å²) in [4.78, 5) is 6.81. The highest BCUT2D eigenvalue weighted by atomic mass is 127. The van der Waals surface area contributed by atoms with E-state index in [0.29, 0.717) is 31.8 Å². The number of hydrogen-bond donors (Lipinski definition) is 2. The van der Waals surface area contributed by atoms with Crippen molar-refractivity contribution in [1.29, 1.82) is 0 Å². The van der Waals surface area contributed by atoms with Crippen LogP contribution in [0.15, 0.2) is 4.99 Å². The quantitative estimate of drug-likeness (QED) is 0.175. The van der Waals surface area contributed by atoms with Crippen molar-refractivity contribution in [3.8, 4) is 0 Å². The molecule has 1 heterocycles. The Morgan fingerprint density at radius 2 is 1.74 bits per heavy atom. The lowest BCUT2D eigenvalue weighted by atomic mass is 10.0. The van der Waals surface area contributed by atoms with Crippen LogP contribution in [0.1, 0.15) is 33.6 Å². The second-order valence-electron chi connectivity index (χ2n) is 6.92. The molecule has 1 aliphatic heterocycles. The van der Waals surface area contributed by atoms with Gasteiger partial charge >= 0.3 is 0 Å². The number of guanidine groups is 1. The van der Waals surface area contributed by atoms with Gasteiger partial charge < -0.3 is 24.8 Å². The molecule has 0 saturated carbocycles. The van der Waals surface area contributed by atoms with Crippen LogP contribution >= 0.6 is 24.0 Å². The number of unbranched alkanes of at least 4 members (excludes halogenated alkanes) is 1. The fourth-order valence-corrected chi connectivity index (χ4v) is 2.93. The number of halogens is 1. The molecular weight excluding hydrogens is 459 g/mol. The summed E-state index contributed by atoms with van der Waals surface area (Å²) in [5, 5.41) is 6.76. The summed E-state index contributed by atoms with van der Waals surface area (Å²) < 4.78 is 16.5. The third-order valence-corrected chi connectivity index (χ3v) is 4.54. The molecule has 0 spiro atoms. The summed E-state index contributed by atoms with van der Waals surface area (Å²) in [6.45, 7) is 14.8. The third kappa shape index (κ3) is 12.8. The van der Waals surface area contributed by atoms with Crippen molar-refractivity contribution in [2.45, 2.75) is 39.7 Å². The van der Waals surface area contributed by atoms with Gasteiger partial charge in [0.05, 0.1) is 33.0 Å². The number of morpholine rings is 1. The molecule has 1 aliphatic rings. The molecule has 0 aliphatic carbocycles. The standard InChI is InChI=1S/C19H40N4O3.HI/c1-5-6-10-24-14-15-25-11-7-21-19(20-4)22-16-18(17(2)3)23-8-12-26-13-9-23;/h17-18H,5-16H2,1-4H3,(H2,20,21,22);1H. The second kappa shape index (κ2) is 17.9. The summed E-state index contributed by atoms with van der Waals surface area (Å²) in [5.41, 5.74) is 0. The van der Waals surface area contributed by atoms with Crippen LogP contribution in [0.5, 0.6) is 0 Å². The van der Waals surface area contributed by atoms with E-state index in [2.05, 4.69) is 41.3 Å². The van der Waals surface area contributed by atoms with Crippen molar-refractivity contribution >= 4 is 29.9 Å². The number of nitrogens with zero attached hydrogens (tertiary/aromatic N) is 2. The molecule has 1 saturated heterocycles. The van der Waals surface area contributed by atoms with Gasteiger partial charge in [0.1, 0.15) is 0 Å². The van der Waals surface area contributed by atoms with Gasteiger partial charge in [0.15, 0.2) is 5.96 Å². The molecule has 0 aromatic carbocycles. The van der Waals surface area contributed by atoms with E-state index in [1.54, 1.807) is 7.05 Å². The fraction of sp³-hybridized carbons (Fsp3) is 0.947. The summed E-state index contributed by atoms with van der Waals surface area (Å²) >= 11 is 0. The van der Waals surface area contributed by atoms with E-state index < -0.39 is 0 Å². The Labute approximate surface area is 183 Å². The van der Waals surface area contributed by atoms with Gasteiger partial charge in [-0.2, -0.15) is 0 Å². The average Bonchev–Trinajstić information content (AvgIpc) is 2.65. The SMILES string of the molecule is CCCCOCCOCCNC(=NC)NCC(C(C)C)N1CCOCC1.I. The zero-order chi connectivity index (χ0) is 19.0. The molecule has 0 radical (unpaired) electrons. The third-order valence-electron chi connectivity index (χ3n) is 4.54. The average molecular weight is 500 g/mol. The number of hydrogen-bond acceptors (Lipinski definition) is 5. The molecule has 0 bridgehead atoms. The Balaban J connectivity index is 0.00000676. The van der Waals surface area contributed by atoms with Crippen LogP contribution < -0.4 is 10.6 Å². The summed E-state index contributed by atoms with van der Waals surface area (Å²) in [6.07, 6.45) is 2.28. The van der Waals surface area contributed by atoms with E-state index in [4.69, 9.17) is 14.2 Å². The largest absolute Gasteiger partial charge is 0.379 e. The van der Waals surface area contributed by atoms with Crippen molar-refractivity contribution in [2.24, 2.45) is 10.9 Å². The molecular formula is C19H41IN4O3. The second-order valence-corrected chi connectivity index (χ2v) is 6.92. The highest BCUT2D eigenvalue weighted by Gasteiger charge is 2.23. The molecule has 1 fully saturated rings. The molecule has 27 heavy (non-hydrogen) atoms. The van der Waals surface area contributed by atoms with Gasteiger partial charge in [-0.05, 0) is 12.3 Å².